The molecule has 11 heteroatoms. The molecular formula is C27H26BrClN2O6S. The number of methoxy groups -OCH3 is 3. The zero-order valence-electron chi connectivity index (χ0n) is 21.6. The van der Waals surface area contributed by atoms with Crippen molar-refractivity contribution < 1.29 is 23.7 Å². The summed E-state index contributed by atoms with van der Waals surface area (Å²) in [6.07, 6.45) is 1.35. The van der Waals surface area contributed by atoms with Crippen LogP contribution in [0, 0.1) is 0 Å². The van der Waals surface area contributed by atoms with Crippen molar-refractivity contribution in [2.45, 2.75) is 32.9 Å². The molecule has 0 unspecified atom stereocenters. The van der Waals surface area contributed by atoms with E-state index in [9.17, 15) is 9.59 Å². The van der Waals surface area contributed by atoms with Crippen LogP contribution in [0.15, 0.2) is 55.9 Å². The summed E-state index contributed by atoms with van der Waals surface area (Å²) in [6, 6.07) is 8.04. The number of hydrogen-bond donors (Lipinski definition) is 0. The van der Waals surface area contributed by atoms with Crippen LogP contribution in [0.3, 0.4) is 0 Å². The third-order valence-corrected chi connectivity index (χ3v) is 7.58. The quantitative estimate of drug-likeness (QED) is 0.358. The lowest BCUT2D eigenvalue weighted by Gasteiger charge is -2.26. The first-order valence-corrected chi connectivity index (χ1v) is 13.6. The number of rotatable bonds is 7. The fourth-order valence-corrected chi connectivity index (χ4v) is 5.97. The Bertz CT molecular complexity index is 1630. The molecule has 0 fully saturated rings. The van der Waals surface area contributed by atoms with E-state index in [4.69, 9.17) is 30.5 Å². The van der Waals surface area contributed by atoms with Gasteiger partial charge in [0.15, 0.2) is 16.3 Å². The molecule has 4 rings (SSSR count). The van der Waals surface area contributed by atoms with E-state index in [0.29, 0.717) is 48.4 Å². The molecule has 8 nitrogen and oxygen atoms in total. The predicted molar refractivity (Wildman–Crippen MR) is 150 cm³/mol. The van der Waals surface area contributed by atoms with Gasteiger partial charge in [-0.15, -0.1) is 0 Å². The summed E-state index contributed by atoms with van der Waals surface area (Å²) in [5.41, 5.74) is 1.67. The first-order valence-electron chi connectivity index (χ1n) is 11.6. The van der Waals surface area contributed by atoms with Gasteiger partial charge in [-0.1, -0.05) is 38.9 Å². The number of esters is 1. The molecule has 0 bridgehead atoms. The second-order valence-corrected chi connectivity index (χ2v) is 11.0. The van der Waals surface area contributed by atoms with Crippen molar-refractivity contribution in [1.29, 1.82) is 0 Å². The Morgan fingerprint density at radius 1 is 1.13 bits per heavy atom. The van der Waals surface area contributed by atoms with Crippen LogP contribution in [0.4, 0.5) is 0 Å². The van der Waals surface area contributed by atoms with E-state index in [1.807, 2.05) is 12.1 Å². The van der Waals surface area contributed by atoms with Crippen LogP contribution < -0.4 is 29.1 Å². The number of ether oxygens (including phenoxy) is 4. The molecule has 0 saturated carbocycles. The summed E-state index contributed by atoms with van der Waals surface area (Å²) >= 11 is 11.1. The van der Waals surface area contributed by atoms with E-state index in [-0.39, 0.29) is 17.2 Å². The van der Waals surface area contributed by atoms with Crippen molar-refractivity contribution >= 4 is 50.9 Å². The van der Waals surface area contributed by atoms with Gasteiger partial charge in [0.25, 0.3) is 5.56 Å². The number of allylic oxidation sites excluding steroid dienone is 1. The lowest BCUT2D eigenvalue weighted by Crippen LogP contribution is -2.40. The number of hydrogen-bond acceptors (Lipinski definition) is 8. The molecule has 0 N–H and O–H groups in total. The third kappa shape index (κ3) is 5.25. The molecule has 1 aliphatic rings. The highest BCUT2D eigenvalue weighted by Crippen LogP contribution is 2.38. The minimum Gasteiger partial charge on any atom is -0.496 e. The summed E-state index contributed by atoms with van der Waals surface area (Å²) < 4.78 is 24.6. The zero-order valence-corrected chi connectivity index (χ0v) is 24.8. The molecule has 200 valence electrons. The van der Waals surface area contributed by atoms with Gasteiger partial charge in [0.05, 0.1) is 48.3 Å². The maximum Gasteiger partial charge on any atom is 0.338 e. The second kappa shape index (κ2) is 11.3. The number of nitrogens with zero attached hydrogens (tertiary/aromatic N) is 2. The number of benzene rings is 2. The molecule has 38 heavy (non-hydrogen) atoms. The number of carbonyl (C=O) groups is 1. The lowest BCUT2D eigenvalue weighted by atomic mass is 9.95. The van der Waals surface area contributed by atoms with Crippen molar-refractivity contribution in [1.82, 2.24) is 4.57 Å². The van der Waals surface area contributed by atoms with Gasteiger partial charge in [-0.2, -0.15) is 0 Å². The molecule has 2 aromatic carbocycles. The highest BCUT2D eigenvalue weighted by atomic mass is 79.9. The van der Waals surface area contributed by atoms with E-state index >= 15 is 0 Å². The normalized spacial score (nSPS) is 15.3. The largest absolute Gasteiger partial charge is 0.496 e. The van der Waals surface area contributed by atoms with Gasteiger partial charge in [-0.3, -0.25) is 9.36 Å². The molecule has 0 spiro atoms. The van der Waals surface area contributed by atoms with Gasteiger partial charge in [0, 0.05) is 10.0 Å². The Kier molecular flexibility index (Phi) is 8.34. The Hall–Kier alpha value is -3.08. The fraction of sp³-hybridized carbons (Fsp3) is 0.296. The monoisotopic (exact) mass is 620 g/mol. The Labute approximate surface area is 236 Å². The Morgan fingerprint density at radius 3 is 2.47 bits per heavy atom. The Morgan fingerprint density at radius 2 is 1.84 bits per heavy atom. The summed E-state index contributed by atoms with van der Waals surface area (Å²) in [5, 5.41) is 0.345. The van der Waals surface area contributed by atoms with E-state index in [2.05, 4.69) is 20.9 Å². The lowest BCUT2D eigenvalue weighted by molar-refractivity contribution is -0.143. The van der Waals surface area contributed by atoms with Gasteiger partial charge in [0.1, 0.15) is 11.8 Å². The van der Waals surface area contributed by atoms with Gasteiger partial charge in [-0.05, 0) is 62.7 Å². The summed E-state index contributed by atoms with van der Waals surface area (Å²) in [4.78, 5) is 32.3. The van der Waals surface area contributed by atoms with Crippen LogP contribution in [-0.4, -0.2) is 38.0 Å². The van der Waals surface area contributed by atoms with Crippen LogP contribution >= 0.6 is 38.9 Å². The number of fused-ring (bicyclic) bond motifs is 1. The number of aromatic nitrogens is 1. The molecule has 0 amide bonds. The molecule has 1 aliphatic heterocycles. The molecule has 2 heterocycles. The average molecular weight is 622 g/mol. The highest BCUT2D eigenvalue weighted by Gasteiger charge is 2.35. The smallest absolute Gasteiger partial charge is 0.338 e. The summed E-state index contributed by atoms with van der Waals surface area (Å²) in [5.74, 6) is 0.807. The number of thiazole rings is 1. The second-order valence-electron chi connectivity index (χ2n) is 8.66. The predicted octanol–water partition coefficient (Wildman–Crippen LogP) is 4.63. The van der Waals surface area contributed by atoms with Gasteiger partial charge in [0.2, 0.25) is 0 Å². The van der Waals surface area contributed by atoms with Crippen molar-refractivity contribution in [3.05, 3.63) is 81.9 Å². The minimum absolute atomic E-state index is 0.267. The summed E-state index contributed by atoms with van der Waals surface area (Å²) in [6.45, 7) is 5.28. The van der Waals surface area contributed by atoms with Crippen molar-refractivity contribution in [3.63, 3.8) is 0 Å². The standard InChI is InChI=1S/C27H26BrClN2O6S/c1-13(2)37-26(33)22-14(3)30-27-31(23(22)17-12-16(28)7-8-19(17)34-4)25(32)21(38-27)11-15-9-18(29)24(36-6)20(10-15)35-5/h7-13,23H,1-6H3/b21-11-/t23-/m0/s1. The first kappa shape index (κ1) is 27.9. The molecule has 0 saturated heterocycles. The first-order chi connectivity index (χ1) is 18.1. The van der Waals surface area contributed by atoms with Crippen molar-refractivity contribution in [2.75, 3.05) is 21.3 Å². The molecule has 3 aromatic rings. The summed E-state index contributed by atoms with van der Waals surface area (Å²) in [7, 11) is 4.56. The van der Waals surface area contributed by atoms with E-state index in [0.717, 1.165) is 4.47 Å². The van der Waals surface area contributed by atoms with Crippen LogP contribution in [0.25, 0.3) is 6.08 Å². The molecule has 0 aliphatic carbocycles. The van der Waals surface area contributed by atoms with Crippen LogP contribution in [0.5, 0.6) is 17.2 Å². The van der Waals surface area contributed by atoms with Gasteiger partial charge >= 0.3 is 5.97 Å². The van der Waals surface area contributed by atoms with E-state index in [1.54, 1.807) is 52.2 Å². The van der Waals surface area contributed by atoms with Gasteiger partial charge < -0.3 is 18.9 Å². The number of halogens is 2. The number of carbonyl (C=O) groups excluding carboxylic acids is 1. The SMILES string of the molecule is COc1ccc(Br)cc1[C@H]1C(C(=O)OC(C)C)=C(C)N=c2s/c(=C\c3cc(Cl)c(OC)c(OC)c3)c(=O)n21. The molecule has 1 aromatic heterocycles. The van der Waals surface area contributed by atoms with Gasteiger partial charge in [-0.25, -0.2) is 9.79 Å². The molecular weight excluding hydrogens is 596 g/mol. The van der Waals surface area contributed by atoms with Crippen LogP contribution in [-0.2, 0) is 9.53 Å². The minimum atomic E-state index is -0.818. The Balaban J connectivity index is 1.99. The fourth-order valence-electron chi connectivity index (χ4n) is 4.25. The van der Waals surface area contributed by atoms with Crippen LogP contribution in [0.1, 0.15) is 37.9 Å². The molecule has 0 radical (unpaired) electrons. The topological polar surface area (TPSA) is 88.4 Å². The third-order valence-electron chi connectivity index (χ3n) is 5.82. The van der Waals surface area contributed by atoms with E-state index in [1.165, 1.54) is 30.1 Å². The van der Waals surface area contributed by atoms with Crippen LogP contribution in [0.2, 0.25) is 5.02 Å². The maximum absolute atomic E-state index is 13.9. The van der Waals surface area contributed by atoms with Crippen molar-refractivity contribution in [3.8, 4) is 17.2 Å². The maximum atomic E-state index is 13.9. The van der Waals surface area contributed by atoms with Crippen molar-refractivity contribution in [2.24, 2.45) is 4.99 Å². The zero-order chi connectivity index (χ0) is 27.7. The molecule has 1 atom stereocenters. The van der Waals surface area contributed by atoms with E-state index < -0.39 is 12.0 Å². The highest BCUT2D eigenvalue weighted by molar-refractivity contribution is 9.10. The average Bonchev–Trinajstić information content (AvgIpc) is 3.16.